The van der Waals surface area contributed by atoms with Gasteiger partial charge in [0.25, 0.3) is 0 Å². The molecule has 0 aliphatic carbocycles. The number of hydrogen-bond donors (Lipinski definition) is 0. The number of hydrogen-bond acceptors (Lipinski definition) is 4. The number of aromatic nitrogens is 1. The van der Waals surface area contributed by atoms with E-state index in [0.717, 1.165) is 17.7 Å². The maximum Gasteiger partial charge on any atom is 0.416 e. The van der Waals surface area contributed by atoms with Gasteiger partial charge in [-0.25, -0.2) is 9.78 Å². The van der Waals surface area contributed by atoms with Gasteiger partial charge in [-0.05, 0) is 41.8 Å². The summed E-state index contributed by atoms with van der Waals surface area (Å²) in [5, 5.41) is 0. The molecule has 0 radical (unpaired) electrons. The fourth-order valence-electron chi connectivity index (χ4n) is 2.56. The maximum atomic E-state index is 12.7. The third-order valence-electron chi connectivity index (χ3n) is 3.87. The van der Waals surface area contributed by atoms with E-state index in [0.29, 0.717) is 29.0 Å². The van der Waals surface area contributed by atoms with Gasteiger partial charge in [0.05, 0.1) is 24.4 Å². The van der Waals surface area contributed by atoms with Gasteiger partial charge < -0.3 is 9.15 Å². The number of halogens is 3. The summed E-state index contributed by atoms with van der Waals surface area (Å²) in [6, 6.07) is 9.84. The highest BCUT2D eigenvalue weighted by molar-refractivity contribution is 5.91. The first-order valence-corrected chi connectivity index (χ1v) is 7.65. The van der Waals surface area contributed by atoms with Crippen LogP contribution < -0.4 is 0 Å². The summed E-state index contributed by atoms with van der Waals surface area (Å²) in [6.07, 6.45) is -1.13. The minimum Gasteiger partial charge on any atom is -0.465 e. The van der Waals surface area contributed by atoms with Gasteiger partial charge in [-0.2, -0.15) is 13.2 Å². The highest BCUT2D eigenvalue weighted by Crippen LogP contribution is 2.30. The highest BCUT2D eigenvalue weighted by Gasteiger charge is 2.29. The smallest absolute Gasteiger partial charge is 0.416 e. The molecule has 0 fully saturated rings. The number of methoxy groups -OCH3 is 1. The van der Waals surface area contributed by atoms with Gasteiger partial charge in [-0.1, -0.05) is 18.2 Å². The second kappa shape index (κ2) is 7.03. The number of carbonyl (C=O) groups is 1. The van der Waals surface area contributed by atoms with Gasteiger partial charge in [0.1, 0.15) is 6.26 Å². The van der Waals surface area contributed by atoms with Crippen LogP contribution in [0.2, 0.25) is 0 Å². The fraction of sp³-hybridized carbons (Fsp3) is 0.158. The molecular formula is C19H14F3NO3. The number of ether oxygens (including phenoxy) is 1. The molecule has 1 aromatic heterocycles. The van der Waals surface area contributed by atoms with Crippen LogP contribution in [0.1, 0.15) is 27.0 Å². The summed E-state index contributed by atoms with van der Waals surface area (Å²) in [4.78, 5) is 15.9. The first-order chi connectivity index (χ1) is 12.4. The molecule has 0 atom stereocenters. The number of carbonyl (C=O) groups excluding carboxylic acids is 1. The Morgan fingerprint density at radius 3 is 2.46 bits per heavy atom. The zero-order valence-corrected chi connectivity index (χ0v) is 13.7. The van der Waals surface area contributed by atoms with E-state index < -0.39 is 17.7 Å². The Morgan fingerprint density at radius 1 is 1.15 bits per heavy atom. The molecule has 0 aliphatic heterocycles. The van der Waals surface area contributed by atoms with Crippen LogP contribution >= 0.6 is 0 Å². The van der Waals surface area contributed by atoms with Crippen molar-refractivity contribution >= 4 is 5.97 Å². The van der Waals surface area contributed by atoms with Crippen LogP contribution in [0.3, 0.4) is 0 Å². The summed E-state index contributed by atoms with van der Waals surface area (Å²) in [6.45, 7) is 0. The van der Waals surface area contributed by atoms with Gasteiger partial charge in [-0.3, -0.25) is 0 Å². The maximum absolute atomic E-state index is 12.7. The van der Waals surface area contributed by atoms with E-state index in [9.17, 15) is 18.0 Å². The molecule has 3 aromatic rings. The molecule has 3 rings (SSSR count). The van der Waals surface area contributed by atoms with Crippen LogP contribution in [0.4, 0.5) is 13.2 Å². The van der Waals surface area contributed by atoms with Crippen molar-refractivity contribution in [3.8, 4) is 11.5 Å². The number of alkyl halides is 3. The van der Waals surface area contributed by atoms with Gasteiger partial charge in [-0.15, -0.1) is 0 Å². The van der Waals surface area contributed by atoms with Crippen LogP contribution in [0.5, 0.6) is 0 Å². The van der Waals surface area contributed by atoms with Gasteiger partial charge >= 0.3 is 12.1 Å². The molecule has 134 valence electrons. The molecule has 0 unspecified atom stereocenters. The monoisotopic (exact) mass is 361 g/mol. The Balaban J connectivity index is 1.95. The van der Waals surface area contributed by atoms with Crippen molar-refractivity contribution < 1.29 is 27.1 Å². The summed E-state index contributed by atoms with van der Waals surface area (Å²) in [7, 11) is 1.28. The van der Waals surface area contributed by atoms with E-state index in [4.69, 9.17) is 9.15 Å². The lowest BCUT2D eigenvalue weighted by Crippen LogP contribution is -2.05. The molecule has 0 saturated heterocycles. The van der Waals surface area contributed by atoms with Crippen molar-refractivity contribution in [1.29, 1.82) is 0 Å². The van der Waals surface area contributed by atoms with Gasteiger partial charge in [0.2, 0.25) is 5.89 Å². The normalized spacial score (nSPS) is 11.4. The Hall–Kier alpha value is -3.09. The lowest BCUT2D eigenvalue weighted by Gasteiger charge is -2.11. The predicted octanol–water partition coefficient (Wildman–Crippen LogP) is 4.74. The van der Waals surface area contributed by atoms with E-state index >= 15 is 0 Å². The second-order valence-electron chi connectivity index (χ2n) is 5.57. The lowest BCUT2D eigenvalue weighted by molar-refractivity contribution is -0.137. The summed E-state index contributed by atoms with van der Waals surface area (Å²) >= 11 is 0. The third kappa shape index (κ3) is 3.77. The predicted molar refractivity (Wildman–Crippen MR) is 87.5 cm³/mol. The first-order valence-electron chi connectivity index (χ1n) is 7.65. The van der Waals surface area contributed by atoms with E-state index in [1.807, 2.05) is 0 Å². The molecule has 0 spiro atoms. The van der Waals surface area contributed by atoms with Crippen LogP contribution in [-0.4, -0.2) is 18.1 Å². The average Bonchev–Trinajstić information content (AvgIpc) is 3.15. The molecule has 0 amide bonds. The summed E-state index contributed by atoms with van der Waals surface area (Å²) < 4.78 is 48.1. The molecule has 26 heavy (non-hydrogen) atoms. The molecule has 7 heteroatoms. The van der Waals surface area contributed by atoms with Crippen molar-refractivity contribution in [2.24, 2.45) is 0 Å². The SMILES string of the molecule is COC(=O)c1ccc(Cc2ccc(C(F)(F)F)cc2)c(-c2ncco2)c1. The number of rotatable bonds is 4. The Labute approximate surface area is 147 Å². The molecule has 0 aliphatic rings. The quantitative estimate of drug-likeness (QED) is 0.630. The number of benzene rings is 2. The minimum absolute atomic E-state index is 0.317. The zero-order valence-electron chi connectivity index (χ0n) is 13.7. The number of oxazole rings is 1. The summed E-state index contributed by atoms with van der Waals surface area (Å²) in [5.74, 6) is -0.184. The molecule has 2 aromatic carbocycles. The minimum atomic E-state index is -4.37. The standard InChI is InChI=1S/C19H14F3NO3/c1-25-18(24)14-5-4-13(16(11-14)17-23-8-9-26-17)10-12-2-6-15(7-3-12)19(20,21)22/h2-9,11H,10H2,1H3. The van der Waals surface area contributed by atoms with E-state index in [1.54, 1.807) is 18.2 Å². The average molecular weight is 361 g/mol. The van der Waals surface area contributed by atoms with Gasteiger partial charge in [0, 0.05) is 5.56 Å². The molecule has 4 nitrogen and oxygen atoms in total. The molecule has 0 bridgehead atoms. The molecule has 0 N–H and O–H groups in total. The van der Waals surface area contributed by atoms with Crippen LogP contribution in [-0.2, 0) is 17.3 Å². The molecule has 0 saturated carbocycles. The third-order valence-corrected chi connectivity index (χ3v) is 3.87. The lowest BCUT2D eigenvalue weighted by atomic mass is 9.97. The van der Waals surface area contributed by atoms with Crippen LogP contribution in [0.25, 0.3) is 11.5 Å². The second-order valence-corrected chi connectivity index (χ2v) is 5.57. The Kier molecular flexibility index (Phi) is 4.79. The molecule has 1 heterocycles. The topological polar surface area (TPSA) is 52.3 Å². The van der Waals surface area contributed by atoms with Crippen molar-refractivity contribution in [2.75, 3.05) is 7.11 Å². The van der Waals surface area contributed by atoms with Crippen molar-refractivity contribution in [2.45, 2.75) is 12.6 Å². The van der Waals surface area contributed by atoms with Gasteiger partial charge in [0.15, 0.2) is 0 Å². The fourth-order valence-corrected chi connectivity index (χ4v) is 2.56. The zero-order chi connectivity index (χ0) is 18.7. The Bertz CT molecular complexity index is 901. The summed E-state index contributed by atoms with van der Waals surface area (Å²) in [5.41, 5.74) is 1.67. The molecular weight excluding hydrogens is 347 g/mol. The van der Waals surface area contributed by atoms with Crippen LogP contribution in [0, 0.1) is 0 Å². The van der Waals surface area contributed by atoms with Crippen molar-refractivity contribution in [3.63, 3.8) is 0 Å². The number of esters is 1. The van der Waals surface area contributed by atoms with Crippen LogP contribution in [0.15, 0.2) is 59.3 Å². The van der Waals surface area contributed by atoms with Crippen molar-refractivity contribution in [1.82, 2.24) is 4.98 Å². The largest absolute Gasteiger partial charge is 0.465 e. The van der Waals surface area contributed by atoms with E-state index in [2.05, 4.69) is 4.98 Å². The van der Waals surface area contributed by atoms with Crippen molar-refractivity contribution in [3.05, 3.63) is 77.2 Å². The highest BCUT2D eigenvalue weighted by atomic mass is 19.4. The Morgan fingerprint density at radius 2 is 1.88 bits per heavy atom. The van der Waals surface area contributed by atoms with E-state index in [1.165, 1.54) is 31.7 Å². The van der Waals surface area contributed by atoms with E-state index in [-0.39, 0.29) is 0 Å². The first kappa shape index (κ1) is 17.7. The number of nitrogens with zero attached hydrogens (tertiary/aromatic N) is 1.